The highest BCUT2D eigenvalue weighted by Crippen LogP contribution is 2.14. The van der Waals surface area contributed by atoms with Crippen LogP contribution in [0.5, 0.6) is 0 Å². The second-order valence-electron chi connectivity index (χ2n) is 4.60. The number of nitrogens with one attached hydrogen (secondary N) is 1. The Morgan fingerprint density at radius 3 is 2.56 bits per heavy atom. The summed E-state index contributed by atoms with van der Waals surface area (Å²) in [4.78, 5) is 0. The van der Waals surface area contributed by atoms with E-state index in [2.05, 4.69) is 54.6 Å². The summed E-state index contributed by atoms with van der Waals surface area (Å²) < 4.78 is 1.92. The van der Waals surface area contributed by atoms with Crippen LogP contribution in [0.15, 0.2) is 36.5 Å². The van der Waals surface area contributed by atoms with Gasteiger partial charge in [-0.25, -0.2) is 0 Å². The van der Waals surface area contributed by atoms with E-state index in [-0.39, 0.29) is 0 Å². The SMILES string of the molecule is CCc1ccccc1CNC(C)c1ccnn1C. The molecule has 2 aromatic rings. The summed E-state index contributed by atoms with van der Waals surface area (Å²) in [6.45, 7) is 5.27. The Morgan fingerprint density at radius 1 is 1.22 bits per heavy atom. The highest BCUT2D eigenvalue weighted by molar-refractivity contribution is 5.27. The molecule has 0 aliphatic rings. The lowest BCUT2D eigenvalue weighted by atomic mass is 10.1. The molecule has 96 valence electrons. The third-order valence-corrected chi connectivity index (χ3v) is 3.40. The Bertz CT molecular complexity index is 502. The molecule has 0 bridgehead atoms. The van der Waals surface area contributed by atoms with E-state index in [1.807, 2.05) is 17.9 Å². The first-order valence-electron chi connectivity index (χ1n) is 6.50. The van der Waals surface area contributed by atoms with Crippen LogP contribution >= 0.6 is 0 Å². The molecule has 1 aromatic carbocycles. The minimum absolute atomic E-state index is 0.308. The van der Waals surface area contributed by atoms with E-state index < -0.39 is 0 Å². The Kier molecular flexibility index (Phi) is 4.15. The normalized spacial score (nSPS) is 12.6. The van der Waals surface area contributed by atoms with Gasteiger partial charge < -0.3 is 5.32 Å². The van der Waals surface area contributed by atoms with Gasteiger partial charge in [0.05, 0.1) is 5.69 Å². The summed E-state index contributed by atoms with van der Waals surface area (Å²) in [5, 5.41) is 7.76. The number of benzene rings is 1. The molecule has 1 heterocycles. The molecule has 0 radical (unpaired) electrons. The van der Waals surface area contributed by atoms with Crippen LogP contribution in [-0.2, 0) is 20.0 Å². The number of nitrogens with zero attached hydrogens (tertiary/aromatic N) is 2. The fourth-order valence-corrected chi connectivity index (χ4v) is 2.25. The van der Waals surface area contributed by atoms with Crippen LogP contribution in [0.1, 0.15) is 36.7 Å². The molecule has 1 N–H and O–H groups in total. The zero-order valence-corrected chi connectivity index (χ0v) is 11.4. The molecule has 0 aliphatic carbocycles. The second kappa shape index (κ2) is 5.83. The van der Waals surface area contributed by atoms with Gasteiger partial charge in [-0.1, -0.05) is 31.2 Å². The van der Waals surface area contributed by atoms with Crippen molar-refractivity contribution in [3.05, 3.63) is 53.3 Å². The highest BCUT2D eigenvalue weighted by atomic mass is 15.3. The molecular formula is C15H21N3. The van der Waals surface area contributed by atoms with Crippen molar-refractivity contribution in [2.24, 2.45) is 7.05 Å². The van der Waals surface area contributed by atoms with Gasteiger partial charge in [0.15, 0.2) is 0 Å². The molecule has 0 saturated carbocycles. The molecule has 18 heavy (non-hydrogen) atoms. The maximum atomic E-state index is 4.20. The number of aromatic nitrogens is 2. The Balaban J connectivity index is 2.01. The number of rotatable bonds is 5. The molecule has 1 atom stereocenters. The van der Waals surface area contributed by atoms with Crippen molar-refractivity contribution in [3.8, 4) is 0 Å². The molecule has 0 fully saturated rings. The summed E-state index contributed by atoms with van der Waals surface area (Å²) in [5.74, 6) is 0. The van der Waals surface area contributed by atoms with Crippen molar-refractivity contribution in [2.75, 3.05) is 0 Å². The van der Waals surface area contributed by atoms with Gasteiger partial charge in [-0.15, -0.1) is 0 Å². The number of aryl methyl sites for hydroxylation is 2. The van der Waals surface area contributed by atoms with E-state index in [1.165, 1.54) is 16.8 Å². The topological polar surface area (TPSA) is 29.9 Å². The van der Waals surface area contributed by atoms with Crippen LogP contribution in [0.2, 0.25) is 0 Å². The van der Waals surface area contributed by atoms with E-state index in [4.69, 9.17) is 0 Å². The molecule has 0 aliphatic heterocycles. The van der Waals surface area contributed by atoms with Crippen LogP contribution in [0.25, 0.3) is 0 Å². The monoisotopic (exact) mass is 243 g/mol. The first-order valence-corrected chi connectivity index (χ1v) is 6.50. The van der Waals surface area contributed by atoms with Gasteiger partial charge >= 0.3 is 0 Å². The first kappa shape index (κ1) is 12.8. The molecule has 3 heteroatoms. The lowest BCUT2D eigenvalue weighted by Gasteiger charge is -2.15. The van der Waals surface area contributed by atoms with Crippen molar-refractivity contribution in [3.63, 3.8) is 0 Å². The van der Waals surface area contributed by atoms with Crippen LogP contribution < -0.4 is 5.32 Å². The van der Waals surface area contributed by atoms with Crippen molar-refractivity contribution >= 4 is 0 Å². The van der Waals surface area contributed by atoms with Gasteiger partial charge in [0, 0.05) is 25.8 Å². The first-order chi connectivity index (χ1) is 8.72. The smallest absolute Gasteiger partial charge is 0.0547 e. The predicted octanol–water partition coefficient (Wildman–Crippen LogP) is 2.83. The van der Waals surface area contributed by atoms with Crippen LogP contribution in [0.3, 0.4) is 0 Å². The Labute approximate surface area is 109 Å². The van der Waals surface area contributed by atoms with Crippen molar-refractivity contribution < 1.29 is 0 Å². The van der Waals surface area contributed by atoms with E-state index in [9.17, 15) is 0 Å². The molecule has 2 rings (SSSR count). The Morgan fingerprint density at radius 2 is 1.94 bits per heavy atom. The summed E-state index contributed by atoms with van der Waals surface area (Å²) in [5.41, 5.74) is 4.01. The largest absolute Gasteiger partial charge is 0.305 e. The number of hydrogen-bond acceptors (Lipinski definition) is 2. The average Bonchev–Trinajstić information content (AvgIpc) is 2.82. The molecule has 1 unspecified atom stereocenters. The van der Waals surface area contributed by atoms with Gasteiger partial charge in [-0.3, -0.25) is 4.68 Å². The van der Waals surface area contributed by atoms with Crippen molar-refractivity contribution in [1.29, 1.82) is 0 Å². The molecule has 1 aromatic heterocycles. The lowest BCUT2D eigenvalue weighted by Crippen LogP contribution is -2.21. The van der Waals surface area contributed by atoms with Gasteiger partial charge in [0.25, 0.3) is 0 Å². The maximum absolute atomic E-state index is 4.20. The molecule has 3 nitrogen and oxygen atoms in total. The third-order valence-electron chi connectivity index (χ3n) is 3.40. The molecular weight excluding hydrogens is 222 g/mol. The zero-order chi connectivity index (χ0) is 13.0. The minimum atomic E-state index is 0.308. The van der Waals surface area contributed by atoms with E-state index in [0.717, 1.165) is 13.0 Å². The standard InChI is InChI=1S/C15H21N3/c1-4-13-7-5-6-8-14(13)11-16-12(2)15-9-10-17-18(15)3/h5-10,12,16H,4,11H2,1-3H3. The molecule has 0 saturated heterocycles. The molecule has 0 amide bonds. The van der Waals surface area contributed by atoms with Gasteiger partial charge in [0.2, 0.25) is 0 Å². The van der Waals surface area contributed by atoms with E-state index in [0.29, 0.717) is 6.04 Å². The van der Waals surface area contributed by atoms with Crippen molar-refractivity contribution in [1.82, 2.24) is 15.1 Å². The predicted molar refractivity (Wildman–Crippen MR) is 74.3 cm³/mol. The number of hydrogen-bond donors (Lipinski definition) is 1. The Hall–Kier alpha value is -1.61. The highest BCUT2D eigenvalue weighted by Gasteiger charge is 2.09. The van der Waals surface area contributed by atoms with Crippen molar-refractivity contribution in [2.45, 2.75) is 32.9 Å². The summed E-state index contributed by atoms with van der Waals surface area (Å²) in [7, 11) is 1.98. The fourth-order valence-electron chi connectivity index (χ4n) is 2.25. The summed E-state index contributed by atoms with van der Waals surface area (Å²) >= 11 is 0. The van der Waals surface area contributed by atoms with Gasteiger partial charge in [-0.05, 0) is 30.5 Å². The fraction of sp³-hybridized carbons (Fsp3) is 0.400. The summed E-state index contributed by atoms with van der Waals surface area (Å²) in [6.07, 6.45) is 2.92. The minimum Gasteiger partial charge on any atom is -0.305 e. The molecule has 0 spiro atoms. The summed E-state index contributed by atoms with van der Waals surface area (Å²) in [6, 6.07) is 11.0. The van der Waals surface area contributed by atoms with E-state index in [1.54, 1.807) is 0 Å². The third kappa shape index (κ3) is 2.79. The van der Waals surface area contributed by atoms with Gasteiger partial charge in [-0.2, -0.15) is 5.10 Å². The maximum Gasteiger partial charge on any atom is 0.0547 e. The van der Waals surface area contributed by atoms with E-state index >= 15 is 0 Å². The van der Waals surface area contributed by atoms with Crippen LogP contribution in [0, 0.1) is 0 Å². The van der Waals surface area contributed by atoms with Crippen LogP contribution in [-0.4, -0.2) is 9.78 Å². The average molecular weight is 243 g/mol. The van der Waals surface area contributed by atoms with Crippen LogP contribution in [0.4, 0.5) is 0 Å². The quantitative estimate of drug-likeness (QED) is 0.875. The van der Waals surface area contributed by atoms with Gasteiger partial charge in [0.1, 0.15) is 0 Å². The lowest BCUT2D eigenvalue weighted by molar-refractivity contribution is 0.528. The zero-order valence-electron chi connectivity index (χ0n) is 11.4. The second-order valence-corrected chi connectivity index (χ2v) is 4.60.